The van der Waals surface area contributed by atoms with Gasteiger partial charge in [-0.05, 0) is 49.2 Å². The Morgan fingerprint density at radius 2 is 1.67 bits per heavy atom. The molecule has 0 amide bonds. The fraction of sp³-hybridized carbons (Fsp3) is 0.389. The summed E-state index contributed by atoms with van der Waals surface area (Å²) in [6, 6.07) is 13.4. The van der Waals surface area contributed by atoms with Crippen LogP contribution < -0.4 is 5.32 Å². The summed E-state index contributed by atoms with van der Waals surface area (Å²) in [5.41, 5.74) is 2.48. The van der Waals surface area contributed by atoms with Gasteiger partial charge in [0.15, 0.2) is 0 Å². The molecule has 0 bridgehead atoms. The first-order chi connectivity index (χ1) is 10.1. The van der Waals surface area contributed by atoms with Crippen LogP contribution in [0.15, 0.2) is 52.4 Å². The number of hydrogen-bond donors (Lipinski definition) is 1. The lowest BCUT2D eigenvalue weighted by Crippen LogP contribution is -2.18. The van der Waals surface area contributed by atoms with Crippen molar-refractivity contribution in [3.63, 3.8) is 0 Å². The molecule has 0 aliphatic heterocycles. The summed E-state index contributed by atoms with van der Waals surface area (Å²) in [7, 11) is 0. The molecule has 1 heterocycles. The summed E-state index contributed by atoms with van der Waals surface area (Å²) in [4.78, 5) is 6.99. The van der Waals surface area contributed by atoms with E-state index < -0.39 is 0 Å². The first-order valence-electron chi connectivity index (χ1n) is 7.57. The second-order valence-electron chi connectivity index (χ2n) is 5.52. The lowest BCUT2D eigenvalue weighted by Gasteiger charge is -2.12. The van der Waals surface area contributed by atoms with Crippen LogP contribution in [0.25, 0.3) is 0 Å². The van der Waals surface area contributed by atoms with Gasteiger partial charge in [0.2, 0.25) is 0 Å². The van der Waals surface area contributed by atoms with E-state index in [4.69, 9.17) is 0 Å². The highest BCUT2D eigenvalue weighted by atomic mass is 32.2. The van der Waals surface area contributed by atoms with Crippen molar-refractivity contribution in [1.82, 2.24) is 10.3 Å². The normalized spacial score (nSPS) is 12.6. The minimum atomic E-state index is 0.305. The van der Waals surface area contributed by atoms with Crippen LogP contribution in [0.4, 0.5) is 0 Å². The fourth-order valence-electron chi connectivity index (χ4n) is 2.18. The molecule has 0 aliphatic carbocycles. The van der Waals surface area contributed by atoms with Gasteiger partial charge in [-0.1, -0.05) is 44.7 Å². The molecule has 1 aromatic heterocycles. The number of benzene rings is 1. The molecular weight excluding hydrogens is 276 g/mol. The molecule has 0 aliphatic rings. The van der Waals surface area contributed by atoms with E-state index in [1.54, 1.807) is 11.8 Å². The van der Waals surface area contributed by atoms with Crippen molar-refractivity contribution in [2.24, 2.45) is 0 Å². The fourth-order valence-corrected chi connectivity index (χ4v) is 2.96. The summed E-state index contributed by atoms with van der Waals surface area (Å²) < 4.78 is 0. The van der Waals surface area contributed by atoms with Gasteiger partial charge in [-0.3, -0.25) is 4.98 Å². The van der Waals surface area contributed by atoms with Crippen LogP contribution in [-0.4, -0.2) is 11.5 Å². The van der Waals surface area contributed by atoms with E-state index in [2.05, 4.69) is 74.4 Å². The Kier molecular flexibility index (Phi) is 5.83. The largest absolute Gasteiger partial charge is 0.309 e. The van der Waals surface area contributed by atoms with E-state index in [0.29, 0.717) is 12.0 Å². The zero-order chi connectivity index (χ0) is 15.2. The zero-order valence-electron chi connectivity index (χ0n) is 13.3. The topological polar surface area (TPSA) is 24.9 Å². The van der Waals surface area contributed by atoms with Gasteiger partial charge < -0.3 is 5.32 Å². The summed E-state index contributed by atoms with van der Waals surface area (Å²) in [5, 5.41) is 3.38. The predicted octanol–water partition coefficient (Wildman–Crippen LogP) is 5.03. The van der Waals surface area contributed by atoms with E-state index in [1.165, 1.54) is 15.4 Å². The molecule has 1 unspecified atom stereocenters. The molecule has 0 spiro atoms. The Hall–Kier alpha value is -1.32. The summed E-state index contributed by atoms with van der Waals surface area (Å²) >= 11 is 1.76. The third kappa shape index (κ3) is 4.58. The van der Waals surface area contributed by atoms with E-state index in [-0.39, 0.29) is 0 Å². The van der Waals surface area contributed by atoms with Gasteiger partial charge in [0, 0.05) is 22.0 Å². The number of hydrogen-bond acceptors (Lipinski definition) is 3. The van der Waals surface area contributed by atoms with Gasteiger partial charge in [-0.25, -0.2) is 0 Å². The molecular formula is C18H24N2S. The maximum atomic E-state index is 4.56. The molecule has 2 aromatic rings. The van der Waals surface area contributed by atoms with Crippen LogP contribution in [0.3, 0.4) is 0 Å². The van der Waals surface area contributed by atoms with Crippen molar-refractivity contribution in [2.75, 3.05) is 6.54 Å². The van der Waals surface area contributed by atoms with E-state index in [0.717, 1.165) is 12.2 Å². The maximum Gasteiger partial charge on any atom is 0.0571 e. The number of pyridine rings is 1. The molecule has 21 heavy (non-hydrogen) atoms. The molecule has 0 saturated carbocycles. The van der Waals surface area contributed by atoms with E-state index >= 15 is 0 Å². The highest BCUT2D eigenvalue weighted by Crippen LogP contribution is 2.28. The molecule has 2 rings (SSSR count). The van der Waals surface area contributed by atoms with Crippen molar-refractivity contribution in [3.05, 3.63) is 53.9 Å². The molecule has 0 radical (unpaired) electrons. The number of aromatic nitrogens is 1. The smallest absolute Gasteiger partial charge is 0.0571 e. The molecule has 112 valence electrons. The van der Waals surface area contributed by atoms with Crippen LogP contribution in [0.1, 0.15) is 50.9 Å². The van der Waals surface area contributed by atoms with Gasteiger partial charge in [0.25, 0.3) is 0 Å². The van der Waals surface area contributed by atoms with Crippen molar-refractivity contribution in [3.8, 4) is 0 Å². The lowest BCUT2D eigenvalue weighted by molar-refractivity contribution is 0.582. The summed E-state index contributed by atoms with van der Waals surface area (Å²) in [6.07, 6.45) is 1.96. The van der Waals surface area contributed by atoms with Gasteiger partial charge in [-0.2, -0.15) is 0 Å². The lowest BCUT2D eigenvalue weighted by atomic mass is 10.0. The van der Waals surface area contributed by atoms with Gasteiger partial charge in [0.05, 0.1) is 5.69 Å². The third-order valence-electron chi connectivity index (χ3n) is 3.50. The molecule has 1 atom stereocenters. The van der Waals surface area contributed by atoms with Gasteiger partial charge >= 0.3 is 0 Å². The minimum absolute atomic E-state index is 0.305. The van der Waals surface area contributed by atoms with Crippen LogP contribution >= 0.6 is 11.8 Å². The third-order valence-corrected chi connectivity index (χ3v) is 4.48. The predicted molar refractivity (Wildman–Crippen MR) is 91.0 cm³/mol. The van der Waals surface area contributed by atoms with Gasteiger partial charge in [-0.15, -0.1) is 0 Å². The average molecular weight is 300 g/mol. The molecule has 3 heteroatoms. The molecule has 0 fully saturated rings. The Balaban J connectivity index is 2.02. The van der Waals surface area contributed by atoms with Crippen LogP contribution in [0, 0.1) is 0 Å². The monoisotopic (exact) mass is 300 g/mol. The highest BCUT2D eigenvalue weighted by Gasteiger charge is 2.06. The maximum absolute atomic E-state index is 4.56. The number of nitrogens with one attached hydrogen (secondary N) is 1. The van der Waals surface area contributed by atoms with Crippen LogP contribution in [0.2, 0.25) is 0 Å². The second-order valence-corrected chi connectivity index (χ2v) is 6.67. The van der Waals surface area contributed by atoms with Crippen LogP contribution in [0.5, 0.6) is 0 Å². The standard InChI is InChI=1S/C18H24N2S/c1-5-19-14(4)18-11-10-17(12-20-18)21-16-8-6-15(7-9-16)13(2)3/h6-14,19H,5H2,1-4H3. The minimum Gasteiger partial charge on any atom is -0.309 e. The zero-order valence-corrected chi connectivity index (χ0v) is 14.1. The van der Waals surface area contributed by atoms with Crippen molar-refractivity contribution in [1.29, 1.82) is 0 Å². The van der Waals surface area contributed by atoms with E-state index in [1.807, 2.05) is 6.20 Å². The van der Waals surface area contributed by atoms with Crippen molar-refractivity contribution in [2.45, 2.75) is 49.4 Å². The summed E-state index contributed by atoms with van der Waals surface area (Å²) in [6.45, 7) is 9.65. The van der Waals surface area contributed by atoms with E-state index in [9.17, 15) is 0 Å². The Labute approximate surface area is 132 Å². The Bertz CT molecular complexity index is 546. The Morgan fingerprint density at radius 3 is 2.19 bits per heavy atom. The first kappa shape index (κ1) is 16.1. The SMILES string of the molecule is CCNC(C)c1ccc(Sc2ccc(C(C)C)cc2)cn1. The van der Waals surface area contributed by atoms with Crippen LogP contribution in [-0.2, 0) is 0 Å². The molecule has 2 nitrogen and oxygen atoms in total. The number of nitrogens with zero attached hydrogens (tertiary/aromatic N) is 1. The number of rotatable bonds is 6. The quantitative estimate of drug-likeness (QED) is 0.810. The van der Waals surface area contributed by atoms with Crippen molar-refractivity contribution < 1.29 is 0 Å². The molecule has 1 N–H and O–H groups in total. The molecule has 0 saturated heterocycles. The first-order valence-corrected chi connectivity index (χ1v) is 8.39. The second kappa shape index (κ2) is 7.62. The average Bonchev–Trinajstić information content (AvgIpc) is 2.49. The molecule has 1 aromatic carbocycles. The highest BCUT2D eigenvalue weighted by molar-refractivity contribution is 7.99. The Morgan fingerprint density at radius 1 is 1.00 bits per heavy atom. The van der Waals surface area contributed by atoms with Gasteiger partial charge in [0.1, 0.15) is 0 Å². The summed E-state index contributed by atoms with van der Waals surface area (Å²) in [5.74, 6) is 0.581. The van der Waals surface area contributed by atoms with Crippen molar-refractivity contribution >= 4 is 11.8 Å².